The van der Waals surface area contributed by atoms with E-state index < -0.39 is 15.9 Å². The number of hydrogen-bond acceptors (Lipinski definition) is 5. The molecule has 1 aromatic heterocycles. The average molecular weight is 440 g/mol. The molecule has 0 aliphatic carbocycles. The quantitative estimate of drug-likeness (QED) is 0.632. The van der Waals surface area contributed by atoms with Crippen molar-refractivity contribution < 1.29 is 17.6 Å². The zero-order chi connectivity index (χ0) is 20.3. The monoisotopic (exact) mass is 439 g/mol. The van der Waals surface area contributed by atoms with Gasteiger partial charge in [-0.05, 0) is 48.5 Å². The number of carbonyl (C=O) groups excluding carboxylic acids is 1. The third kappa shape index (κ3) is 4.74. The highest BCUT2D eigenvalue weighted by atomic mass is 35.5. The molecule has 0 saturated carbocycles. The number of thiazole rings is 1. The Bertz CT molecular complexity index is 1080. The van der Waals surface area contributed by atoms with Gasteiger partial charge >= 0.3 is 0 Å². The van der Waals surface area contributed by atoms with Gasteiger partial charge in [-0.1, -0.05) is 11.6 Å². The van der Waals surface area contributed by atoms with E-state index in [1.807, 2.05) is 0 Å². The zero-order valence-corrected chi connectivity index (χ0v) is 17.0. The number of likely N-dealkylation sites (N-methyl/N-ethyl adjacent to an activating group) is 1. The van der Waals surface area contributed by atoms with Crippen molar-refractivity contribution in [3.8, 4) is 11.3 Å². The van der Waals surface area contributed by atoms with Crippen molar-refractivity contribution in [2.24, 2.45) is 0 Å². The second-order valence-electron chi connectivity index (χ2n) is 5.81. The van der Waals surface area contributed by atoms with Crippen molar-refractivity contribution in [2.45, 2.75) is 4.90 Å². The summed E-state index contributed by atoms with van der Waals surface area (Å²) in [4.78, 5) is 16.5. The smallest absolute Gasteiger partial charge is 0.243 e. The third-order valence-corrected chi connectivity index (χ3v) is 6.61. The highest BCUT2D eigenvalue weighted by Crippen LogP contribution is 2.25. The van der Waals surface area contributed by atoms with E-state index in [0.717, 1.165) is 4.31 Å². The third-order valence-electron chi connectivity index (χ3n) is 3.78. The second-order valence-corrected chi connectivity index (χ2v) is 9.15. The van der Waals surface area contributed by atoms with Crippen LogP contribution in [0.25, 0.3) is 11.3 Å². The first-order chi connectivity index (χ1) is 13.3. The van der Waals surface area contributed by atoms with Crippen LogP contribution in [0.4, 0.5) is 9.52 Å². The summed E-state index contributed by atoms with van der Waals surface area (Å²) in [6, 6.07) is 11.5. The first kappa shape index (κ1) is 20.4. The number of benzene rings is 2. The Morgan fingerprint density at radius 2 is 1.82 bits per heavy atom. The SMILES string of the molecule is CN(CC(=O)Nc1nc(-c2ccc(F)cc2)cs1)S(=O)(=O)c1ccc(Cl)cc1. The van der Waals surface area contributed by atoms with Gasteiger partial charge < -0.3 is 5.32 Å². The number of aromatic nitrogens is 1. The summed E-state index contributed by atoms with van der Waals surface area (Å²) in [6.45, 7) is -0.379. The molecule has 1 N–H and O–H groups in total. The van der Waals surface area contributed by atoms with Gasteiger partial charge in [0.2, 0.25) is 15.9 Å². The van der Waals surface area contributed by atoms with Crippen LogP contribution in [-0.2, 0) is 14.8 Å². The van der Waals surface area contributed by atoms with E-state index in [4.69, 9.17) is 11.6 Å². The van der Waals surface area contributed by atoms with Crippen molar-refractivity contribution in [3.05, 3.63) is 64.8 Å². The highest BCUT2D eigenvalue weighted by molar-refractivity contribution is 7.89. The molecule has 28 heavy (non-hydrogen) atoms. The van der Waals surface area contributed by atoms with Crippen LogP contribution in [0.3, 0.4) is 0 Å². The van der Waals surface area contributed by atoms with Crippen molar-refractivity contribution in [2.75, 3.05) is 18.9 Å². The van der Waals surface area contributed by atoms with Gasteiger partial charge in [0.25, 0.3) is 0 Å². The zero-order valence-electron chi connectivity index (χ0n) is 14.6. The molecular formula is C18H15ClFN3O3S2. The van der Waals surface area contributed by atoms with E-state index in [-0.39, 0.29) is 17.3 Å². The van der Waals surface area contributed by atoms with Crippen molar-refractivity contribution in [1.29, 1.82) is 0 Å². The number of hydrogen-bond donors (Lipinski definition) is 1. The fourth-order valence-corrected chi connectivity index (χ4v) is 4.31. The number of sulfonamides is 1. The summed E-state index contributed by atoms with van der Waals surface area (Å²) in [7, 11) is -2.51. The Kier molecular flexibility index (Phi) is 6.09. The molecule has 0 atom stereocenters. The number of anilines is 1. The molecule has 3 aromatic rings. The lowest BCUT2D eigenvalue weighted by molar-refractivity contribution is -0.116. The highest BCUT2D eigenvalue weighted by Gasteiger charge is 2.23. The van der Waals surface area contributed by atoms with E-state index in [9.17, 15) is 17.6 Å². The molecule has 2 aromatic carbocycles. The predicted molar refractivity (Wildman–Crippen MR) is 107 cm³/mol. The molecule has 3 rings (SSSR count). The van der Waals surface area contributed by atoms with Gasteiger partial charge in [-0.3, -0.25) is 4.79 Å². The maximum Gasteiger partial charge on any atom is 0.243 e. The van der Waals surface area contributed by atoms with Gasteiger partial charge in [0.15, 0.2) is 5.13 Å². The molecule has 146 valence electrons. The second kappa shape index (κ2) is 8.36. The molecule has 0 aliphatic heterocycles. The van der Waals surface area contributed by atoms with Gasteiger partial charge in [0.1, 0.15) is 5.82 Å². The lowest BCUT2D eigenvalue weighted by Crippen LogP contribution is -2.34. The molecule has 10 heteroatoms. The number of halogens is 2. The minimum absolute atomic E-state index is 0.0417. The van der Waals surface area contributed by atoms with Crippen LogP contribution in [0.5, 0.6) is 0 Å². The Morgan fingerprint density at radius 3 is 2.46 bits per heavy atom. The fraction of sp³-hybridized carbons (Fsp3) is 0.111. The van der Waals surface area contributed by atoms with Crippen LogP contribution in [0.15, 0.2) is 58.8 Å². The molecule has 0 bridgehead atoms. The normalized spacial score (nSPS) is 11.6. The Morgan fingerprint density at radius 1 is 1.18 bits per heavy atom. The average Bonchev–Trinajstić information content (AvgIpc) is 3.10. The van der Waals surface area contributed by atoms with Crippen molar-refractivity contribution in [1.82, 2.24) is 9.29 Å². The molecule has 0 saturated heterocycles. The number of nitrogens with zero attached hydrogens (tertiary/aromatic N) is 2. The van der Waals surface area contributed by atoms with Gasteiger partial charge in [-0.15, -0.1) is 11.3 Å². The summed E-state index contributed by atoms with van der Waals surface area (Å²) in [5.74, 6) is -0.877. The number of nitrogens with one attached hydrogen (secondary N) is 1. The maximum atomic E-state index is 13.0. The Balaban J connectivity index is 1.65. The first-order valence-corrected chi connectivity index (χ1v) is 10.7. The summed E-state index contributed by atoms with van der Waals surface area (Å²) < 4.78 is 39.0. The summed E-state index contributed by atoms with van der Waals surface area (Å²) in [5, 5.41) is 5.03. The van der Waals surface area contributed by atoms with Crippen molar-refractivity contribution >= 4 is 44.0 Å². The molecule has 6 nitrogen and oxygen atoms in total. The van der Waals surface area contributed by atoms with Gasteiger partial charge in [0, 0.05) is 23.0 Å². The van der Waals surface area contributed by atoms with E-state index in [1.165, 1.54) is 54.8 Å². The van der Waals surface area contributed by atoms with Crippen LogP contribution in [-0.4, -0.2) is 37.2 Å². The maximum absolute atomic E-state index is 13.0. The molecule has 1 amide bonds. The lowest BCUT2D eigenvalue weighted by atomic mass is 10.2. The molecule has 0 spiro atoms. The van der Waals surface area contributed by atoms with Crippen LogP contribution in [0.2, 0.25) is 5.02 Å². The van der Waals surface area contributed by atoms with E-state index in [1.54, 1.807) is 17.5 Å². The Hall–Kier alpha value is -2.33. The van der Waals surface area contributed by atoms with E-state index in [0.29, 0.717) is 21.4 Å². The molecule has 0 unspecified atom stereocenters. The molecular weight excluding hydrogens is 425 g/mol. The fourth-order valence-electron chi connectivity index (χ4n) is 2.32. The summed E-state index contributed by atoms with van der Waals surface area (Å²) in [5.41, 5.74) is 1.29. The van der Waals surface area contributed by atoms with Gasteiger partial charge in [0.05, 0.1) is 17.1 Å². The van der Waals surface area contributed by atoms with E-state index >= 15 is 0 Å². The number of carbonyl (C=O) groups is 1. The first-order valence-electron chi connectivity index (χ1n) is 7.99. The minimum Gasteiger partial charge on any atom is -0.301 e. The van der Waals surface area contributed by atoms with Crippen LogP contribution in [0, 0.1) is 5.82 Å². The Labute approximate surface area is 170 Å². The summed E-state index contributed by atoms with van der Waals surface area (Å²) in [6.07, 6.45) is 0. The molecule has 0 aliphatic rings. The number of amides is 1. The predicted octanol–water partition coefficient (Wildman–Crippen LogP) is 3.86. The van der Waals surface area contributed by atoms with Crippen LogP contribution in [0.1, 0.15) is 0 Å². The topological polar surface area (TPSA) is 79.4 Å². The molecule has 0 fully saturated rings. The van der Waals surface area contributed by atoms with Crippen molar-refractivity contribution in [3.63, 3.8) is 0 Å². The molecule has 0 radical (unpaired) electrons. The van der Waals surface area contributed by atoms with E-state index in [2.05, 4.69) is 10.3 Å². The largest absolute Gasteiger partial charge is 0.301 e. The minimum atomic E-state index is -3.82. The lowest BCUT2D eigenvalue weighted by Gasteiger charge is -2.16. The van der Waals surface area contributed by atoms with Crippen LogP contribution >= 0.6 is 22.9 Å². The number of rotatable bonds is 6. The van der Waals surface area contributed by atoms with Crippen LogP contribution < -0.4 is 5.32 Å². The molecule has 1 heterocycles. The standard InChI is InChI=1S/C18H15ClFN3O3S2/c1-23(28(25,26)15-8-4-13(19)5-9-15)10-17(24)22-18-21-16(11-27-18)12-2-6-14(20)7-3-12/h2-9,11H,10H2,1H3,(H,21,22,24). The van der Waals surface area contributed by atoms with Gasteiger partial charge in [-0.25, -0.2) is 17.8 Å². The summed E-state index contributed by atoms with van der Waals surface area (Å²) >= 11 is 6.96. The van der Waals surface area contributed by atoms with Gasteiger partial charge in [-0.2, -0.15) is 4.31 Å².